The van der Waals surface area contributed by atoms with Crippen molar-refractivity contribution in [1.82, 2.24) is 4.57 Å². The highest BCUT2D eigenvalue weighted by molar-refractivity contribution is 6.03. The first-order chi connectivity index (χ1) is 18.4. The van der Waals surface area contributed by atoms with Crippen molar-refractivity contribution in [3.63, 3.8) is 0 Å². The number of aromatic nitrogens is 1. The van der Waals surface area contributed by atoms with Gasteiger partial charge >= 0.3 is 6.04 Å². The minimum absolute atomic E-state index is 0.0294. The van der Waals surface area contributed by atoms with Gasteiger partial charge in [-0.3, -0.25) is 4.79 Å². The molecule has 0 radical (unpaired) electrons. The maximum Gasteiger partial charge on any atom is 0.404 e. The quantitative estimate of drug-likeness (QED) is 0.341. The van der Waals surface area contributed by atoms with Gasteiger partial charge in [0.05, 0.1) is 29.8 Å². The van der Waals surface area contributed by atoms with E-state index in [1.165, 1.54) is 6.07 Å². The number of nitroso groups, excluding NO2 is 1. The number of alkyl halides is 1. The van der Waals surface area contributed by atoms with Crippen LogP contribution in [0.1, 0.15) is 57.7 Å². The lowest BCUT2D eigenvalue weighted by Crippen LogP contribution is -2.28. The molecule has 2 aromatic carbocycles. The Morgan fingerprint density at radius 3 is 2.49 bits per heavy atom. The molecule has 0 bridgehead atoms. The van der Waals surface area contributed by atoms with Crippen molar-refractivity contribution in [2.45, 2.75) is 69.9 Å². The van der Waals surface area contributed by atoms with Crippen LogP contribution in [0.5, 0.6) is 11.5 Å². The highest BCUT2D eigenvalue weighted by Crippen LogP contribution is 2.52. The van der Waals surface area contributed by atoms with Crippen LogP contribution in [-0.2, 0) is 22.2 Å². The lowest BCUT2D eigenvalue weighted by molar-refractivity contribution is -0.173. The van der Waals surface area contributed by atoms with Crippen molar-refractivity contribution >= 4 is 22.5 Å². The molecule has 6 rings (SSSR count). The number of anilines is 1. The third-order valence-corrected chi connectivity index (χ3v) is 8.44. The van der Waals surface area contributed by atoms with Crippen LogP contribution in [0.15, 0.2) is 41.6 Å². The molecule has 2 saturated carbocycles. The van der Waals surface area contributed by atoms with E-state index >= 15 is 4.39 Å². The second-order valence-electron chi connectivity index (χ2n) is 12.1. The molecule has 1 aliphatic heterocycles. The molecule has 1 amide bonds. The molecule has 1 unspecified atom stereocenters. The summed E-state index contributed by atoms with van der Waals surface area (Å²) in [6.45, 7) is 5.55. The number of hydrogen-bond acceptors (Lipinski definition) is 6. The number of hydrogen-bond donors (Lipinski definition) is 2. The zero-order valence-electron chi connectivity index (χ0n) is 22.1. The summed E-state index contributed by atoms with van der Waals surface area (Å²) in [7, 11) is 0. The van der Waals surface area contributed by atoms with Crippen molar-refractivity contribution in [3.05, 3.63) is 58.4 Å². The SMILES string of the molecule is CC1(F)Oc2ccc(C3(C(=O)Nc4cc5cc(C(C)(C)CN=O)n(CC6(CO)CC6)c5cc4F)CC3)cc2O1. The molecule has 39 heavy (non-hydrogen) atoms. The van der Waals surface area contributed by atoms with Crippen molar-refractivity contribution in [3.8, 4) is 11.5 Å². The van der Waals surface area contributed by atoms with Gasteiger partial charge in [-0.1, -0.05) is 25.1 Å². The van der Waals surface area contributed by atoms with Crippen LogP contribution in [0.2, 0.25) is 0 Å². The average molecular weight is 540 g/mol. The van der Waals surface area contributed by atoms with Crippen molar-refractivity contribution < 1.29 is 28.2 Å². The predicted molar refractivity (Wildman–Crippen MR) is 141 cm³/mol. The van der Waals surface area contributed by atoms with Crippen LogP contribution in [-0.4, -0.2) is 34.8 Å². The first-order valence-electron chi connectivity index (χ1n) is 13.2. The fraction of sp³-hybridized carbons (Fsp3) is 0.483. The minimum Gasteiger partial charge on any atom is -0.423 e. The first kappa shape index (κ1) is 25.7. The summed E-state index contributed by atoms with van der Waals surface area (Å²) in [5, 5.41) is 16.5. The number of rotatable bonds is 9. The molecule has 3 aliphatic rings. The largest absolute Gasteiger partial charge is 0.423 e. The molecule has 10 heteroatoms. The Hall–Kier alpha value is -3.53. The smallest absolute Gasteiger partial charge is 0.404 e. The Labute approximate surface area is 224 Å². The zero-order valence-corrected chi connectivity index (χ0v) is 22.1. The second kappa shape index (κ2) is 8.48. The number of carbonyl (C=O) groups is 1. The third-order valence-electron chi connectivity index (χ3n) is 8.44. The summed E-state index contributed by atoms with van der Waals surface area (Å²) >= 11 is 0. The molecule has 2 fully saturated rings. The summed E-state index contributed by atoms with van der Waals surface area (Å²) in [5.74, 6) is -0.456. The van der Waals surface area contributed by atoms with E-state index in [-0.39, 0.29) is 41.7 Å². The van der Waals surface area contributed by atoms with E-state index in [4.69, 9.17) is 9.47 Å². The van der Waals surface area contributed by atoms with Gasteiger partial charge < -0.3 is 24.5 Å². The highest BCUT2D eigenvalue weighted by Gasteiger charge is 2.52. The topological polar surface area (TPSA) is 102 Å². The highest BCUT2D eigenvalue weighted by atomic mass is 19.2. The molecule has 8 nitrogen and oxygen atoms in total. The number of nitrogens with one attached hydrogen (secondary N) is 1. The Balaban J connectivity index is 1.32. The summed E-state index contributed by atoms with van der Waals surface area (Å²) in [6, 6.07) is 7.54. The molecule has 1 aromatic heterocycles. The average Bonchev–Trinajstić information content (AvgIpc) is 3.77. The molecule has 1 atom stereocenters. The monoisotopic (exact) mass is 539 g/mol. The van der Waals surface area contributed by atoms with Gasteiger partial charge in [-0.15, -0.1) is 0 Å². The Morgan fingerprint density at radius 2 is 1.85 bits per heavy atom. The molecular formula is C29H31F2N3O5. The van der Waals surface area contributed by atoms with Crippen LogP contribution in [0.4, 0.5) is 14.5 Å². The van der Waals surface area contributed by atoms with Gasteiger partial charge in [0.25, 0.3) is 0 Å². The van der Waals surface area contributed by atoms with E-state index in [2.05, 4.69) is 10.5 Å². The van der Waals surface area contributed by atoms with Gasteiger partial charge in [-0.2, -0.15) is 9.30 Å². The molecular weight excluding hydrogens is 508 g/mol. The molecule has 2 N–H and O–H groups in total. The van der Waals surface area contributed by atoms with E-state index in [0.717, 1.165) is 25.5 Å². The van der Waals surface area contributed by atoms with Crippen LogP contribution >= 0.6 is 0 Å². The summed E-state index contributed by atoms with van der Waals surface area (Å²) in [4.78, 5) is 24.6. The second-order valence-corrected chi connectivity index (χ2v) is 12.1. The van der Waals surface area contributed by atoms with Gasteiger partial charge in [-0.25, -0.2) is 4.39 Å². The van der Waals surface area contributed by atoms with Gasteiger partial charge in [0.15, 0.2) is 11.5 Å². The number of aliphatic hydroxyl groups excluding tert-OH is 1. The fourth-order valence-corrected chi connectivity index (χ4v) is 5.63. The van der Waals surface area contributed by atoms with Crippen LogP contribution < -0.4 is 14.8 Å². The van der Waals surface area contributed by atoms with Crippen LogP contribution in [0, 0.1) is 16.1 Å². The number of nitrogens with zero attached hydrogens (tertiary/aromatic N) is 2. The first-order valence-corrected chi connectivity index (χ1v) is 13.2. The van der Waals surface area contributed by atoms with Gasteiger partial charge in [0.2, 0.25) is 5.91 Å². The third kappa shape index (κ3) is 4.34. The van der Waals surface area contributed by atoms with E-state index in [1.807, 2.05) is 24.5 Å². The van der Waals surface area contributed by atoms with E-state index < -0.39 is 22.7 Å². The van der Waals surface area contributed by atoms with Crippen LogP contribution in [0.25, 0.3) is 10.9 Å². The molecule has 2 heterocycles. The predicted octanol–water partition coefficient (Wildman–Crippen LogP) is 5.68. The fourth-order valence-electron chi connectivity index (χ4n) is 5.63. The number of ether oxygens (including phenoxy) is 2. The van der Waals surface area contributed by atoms with Crippen molar-refractivity contribution in [1.29, 1.82) is 0 Å². The lowest BCUT2D eigenvalue weighted by Gasteiger charge is -2.26. The van der Waals surface area contributed by atoms with Crippen molar-refractivity contribution in [2.24, 2.45) is 10.6 Å². The van der Waals surface area contributed by atoms with Gasteiger partial charge in [-0.05, 0) is 55.5 Å². The number of fused-ring (bicyclic) bond motifs is 2. The van der Waals surface area contributed by atoms with Crippen LogP contribution in [0.3, 0.4) is 0 Å². The number of amides is 1. The zero-order chi connectivity index (χ0) is 27.8. The van der Waals surface area contributed by atoms with E-state index in [0.29, 0.717) is 35.9 Å². The number of halogens is 2. The standard InChI is InChI=1S/C29H31F2N3O5/c1-26(2,14-32-37)24-11-17-10-20(19(30)13-21(17)34(24)15-28(16-35)6-7-28)33-25(36)29(8-9-29)18-4-5-22-23(12-18)39-27(3,31)38-22/h4-5,10-13,35H,6-9,14-16H2,1-3H3,(H,33,36). The summed E-state index contributed by atoms with van der Waals surface area (Å²) in [5.41, 5.74) is 0.412. The number of carbonyl (C=O) groups excluding carboxylic acids is 1. The molecule has 2 aliphatic carbocycles. The molecule has 206 valence electrons. The summed E-state index contributed by atoms with van der Waals surface area (Å²) in [6.07, 6.45) is 2.87. The summed E-state index contributed by atoms with van der Waals surface area (Å²) < 4.78 is 41.9. The van der Waals surface area contributed by atoms with Gasteiger partial charge in [0, 0.05) is 41.4 Å². The number of benzene rings is 2. The minimum atomic E-state index is -2.26. The molecule has 0 spiro atoms. The lowest BCUT2D eigenvalue weighted by atomic mass is 9.89. The molecule has 0 saturated heterocycles. The Kier molecular flexibility index (Phi) is 5.60. The number of aliphatic hydroxyl groups is 1. The van der Waals surface area contributed by atoms with E-state index in [1.54, 1.807) is 24.3 Å². The Bertz CT molecular complexity index is 1500. The van der Waals surface area contributed by atoms with Crippen molar-refractivity contribution in [2.75, 3.05) is 18.5 Å². The van der Waals surface area contributed by atoms with E-state index in [9.17, 15) is 19.2 Å². The van der Waals surface area contributed by atoms with Gasteiger partial charge in [0.1, 0.15) is 5.82 Å². The maximum atomic E-state index is 15.5. The maximum absolute atomic E-state index is 15.5. The Morgan fingerprint density at radius 1 is 1.13 bits per heavy atom. The molecule has 3 aromatic rings. The normalized spacial score (nSPS) is 22.1.